The summed E-state index contributed by atoms with van der Waals surface area (Å²) >= 11 is 1.30. The Morgan fingerprint density at radius 1 is 1.33 bits per heavy atom. The van der Waals surface area contributed by atoms with Crippen LogP contribution in [0.3, 0.4) is 0 Å². The summed E-state index contributed by atoms with van der Waals surface area (Å²) in [5, 5.41) is 9.74. The number of nitrogens with one attached hydrogen (secondary N) is 3. The predicted octanol–water partition coefficient (Wildman–Crippen LogP) is 4.29. The van der Waals surface area contributed by atoms with E-state index in [4.69, 9.17) is 4.74 Å². The molecule has 11 heteroatoms. The van der Waals surface area contributed by atoms with Gasteiger partial charge in [-0.15, -0.1) is 0 Å². The molecule has 0 spiro atoms. The summed E-state index contributed by atoms with van der Waals surface area (Å²) in [4.78, 5) is 22.4. The number of allylic oxidation sites excluding steroid dienone is 3. The quantitative estimate of drug-likeness (QED) is 0.344. The van der Waals surface area contributed by atoms with E-state index in [0.29, 0.717) is 39.4 Å². The van der Waals surface area contributed by atoms with E-state index in [1.165, 1.54) is 37.3 Å². The third-order valence-corrected chi connectivity index (χ3v) is 6.98. The number of carbonyl (C=O) groups is 1. The van der Waals surface area contributed by atoms with Crippen LogP contribution in [0.5, 0.6) is 0 Å². The van der Waals surface area contributed by atoms with Gasteiger partial charge in [-0.05, 0) is 55.2 Å². The molecule has 0 aromatic carbocycles. The Balaban J connectivity index is 1.70. The van der Waals surface area contributed by atoms with E-state index in [1.54, 1.807) is 13.1 Å². The fraction of sp³-hybridized carbons (Fsp3) is 0.429. The van der Waals surface area contributed by atoms with Gasteiger partial charge >= 0.3 is 0 Å². The fourth-order valence-electron chi connectivity index (χ4n) is 4.14. The zero-order valence-electron chi connectivity index (χ0n) is 22.5. The first kappa shape index (κ1) is 28.4. The second-order valence-electron chi connectivity index (χ2n) is 9.66. The Bertz CT molecular complexity index is 1330. The van der Waals surface area contributed by atoms with Crippen molar-refractivity contribution in [1.82, 2.24) is 21.0 Å². The molecule has 0 saturated heterocycles. The van der Waals surface area contributed by atoms with E-state index in [-0.39, 0.29) is 16.9 Å². The number of hydrogen-bond donors (Lipinski definition) is 3. The van der Waals surface area contributed by atoms with Crippen LogP contribution in [0.4, 0.5) is 8.78 Å². The Morgan fingerprint density at radius 2 is 2.10 bits per heavy atom. The number of thioether (sulfide) groups is 1. The molecule has 0 radical (unpaired) electrons. The number of aliphatic imine (C=N–C) groups is 1. The highest BCUT2D eigenvalue weighted by Gasteiger charge is 2.29. The molecule has 0 bridgehead atoms. The molecular formula is C28H32F2N6O2S. The maximum Gasteiger partial charge on any atom is 0.261 e. The topological polar surface area (TPSA) is 100 Å². The van der Waals surface area contributed by atoms with Gasteiger partial charge in [0.1, 0.15) is 11.8 Å². The standard InChI is InChI=1S/C28H32F2N6O2S/c1-15(2)10-16(3)25(31-4)21-11-18(19-12-22(26(29)30)33-14-23(19)38-5)20(13-32-21)27(37)34-28-36-35-24(39-28)9-8-17-6-7-17/h10-15,17,22,24,26,33,35H,6-7H2,1-5H3,(H,34,36,37)/b16-10-,31-25?. The summed E-state index contributed by atoms with van der Waals surface area (Å²) < 4.78 is 32.8. The van der Waals surface area contributed by atoms with Gasteiger partial charge in [0.25, 0.3) is 12.3 Å². The third-order valence-electron chi connectivity index (χ3n) is 6.10. The lowest BCUT2D eigenvalue weighted by Crippen LogP contribution is -2.34. The van der Waals surface area contributed by atoms with E-state index in [1.807, 2.05) is 6.92 Å². The fourth-order valence-corrected chi connectivity index (χ4v) is 4.86. The van der Waals surface area contributed by atoms with Gasteiger partial charge < -0.3 is 10.1 Å². The maximum absolute atomic E-state index is 13.7. The number of amides is 1. The molecule has 1 fully saturated rings. The van der Waals surface area contributed by atoms with Gasteiger partial charge in [-0.1, -0.05) is 31.8 Å². The monoisotopic (exact) mass is 554 g/mol. The normalized spacial score (nSPS) is 21.3. The summed E-state index contributed by atoms with van der Waals surface area (Å²) in [7, 11) is 3.11. The van der Waals surface area contributed by atoms with E-state index in [2.05, 4.69) is 62.9 Å². The van der Waals surface area contributed by atoms with E-state index in [9.17, 15) is 13.6 Å². The van der Waals surface area contributed by atoms with Gasteiger partial charge in [0, 0.05) is 36.5 Å². The Morgan fingerprint density at radius 3 is 2.74 bits per heavy atom. The summed E-state index contributed by atoms with van der Waals surface area (Å²) in [6.07, 6.45) is 5.82. The molecule has 2 aliphatic heterocycles. The van der Waals surface area contributed by atoms with Crippen LogP contribution in [0.2, 0.25) is 0 Å². The van der Waals surface area contributed by atoms with Crippen LogP contribution >= 0.6 is 11.8 Å². The number of methoxy groups -OCH3 is 1. The average Bonchev–Trinajstić information content (AvgIpc) is 3.64. The minimum Gasteiger partial charge on any atom is -0.495 e. The number of nitrogens with zero attached hydrogens (tertiary/aromatic N) is 3. The number of amidine groups is 1. The Hall–Kier alpha value is -3.65. The first-order valence-electron chi connectivity index (χ1n) is 12.7. The predicted molar refractivity (Wildman–Crippen MR) is 151 cm³/mol. The Labute approximate surface area is 231 Å². The smallest absolute Gasteiger partial charge is 0.261 e. The van der Waals surface area contributed by atoms with Gasteiger partial charge in [0.15, 0.2) is 10.5 Å². The minimum absolute atomic E-state index is 0.180. The van der Waals surface area contributed by atoms with Gasteiger partial charge in [0.2, 0.25) is 0 Å². The molecule has 4 rings (SSSR count). The number of ether oxygens (including phenoxy) is 1. The van der Waals surface area contributed by atoms with Crippen LogP contribution in [-0.2, 0) is 4.74 Å². The highest BCUT2D eigenvalue weighted by Crippen LogP contribution is 2.32. The molecule has 3 N–H and O–H groups in total. The van der Waals surface area contributed by atoms with Crippen LogP contribution in [0.1, 0.15) is 55.2 Å². The Kier molecular flexibility index (Phi) is 9.07. The van der Waals surface area contributed by atoms with Crippen molar-refractivity contribution in [1.29, 1.82) is 0 Å². The van der Waals surface area contributed by atoms with E-state index >= 15 is 0 Å². The van der Waals surface area contributed by atoms with Crippen molar-refractivity contribution in [3.8, 4) is 11.8 Å². The van der Waals surface area contributed by atoms with Crippen LogP contribution < -0.4 is 16.1 Å². The van der Waals surface area contributed by atoms with Crippen LogP contribution in [0, 0.1) is 23.7 Å². The van der Waals surface area contributed by atoms with E-state index < -0.39 is 18.4 Å². The molecule has 1 aromatic heterocycles. The summed E-state index contributed by atoms with van der Waals surface area (Å²) in [5.74, 6) is 6.87. The maximum atomic E-state index is 13.7. The SMILES string of the molecule is CN=C(/C(C)=C\C(C)C)c1cc(C2=CC(C(F)F)NC=C2OC)c(C(=O)NC2=NNC(C#CC3CC3)S2)cn1. The second kappa shape index (κ2) is 12.5. The molecule has 1 aliphatic carbocycles. The third kappa shape index (κ3) is 7.06. The van der Waals surface area contributed by atoms with Crippen molar-refractivity contribution >= 4 is 34.1 Å². The lowest BCUT2D eigenvalue weighted by molar-refractivity contribution is 0.0977. The zero-order valence-corrected chi connectivity index (χ0v) is 23.3. The number of aromatic nitrogens is 1. The number of rotatable bonds is 7. The molecular weight excluding hydrogens is 522 g/mol. The van der Waals surface area contributed by atoms with Crippen molar-refractivity contribution in [3.05, 3.63) is 58.8 Å². The molecule has 1 amide bonds. The highest BCUT2D eigenvalue weighted by atomic mass is 32.2. The summed E-state index contributed by atoms with van der Waals surface area (Å²) in [5.41, 5.74) is 5.88. The molecule has 2 unspecified atom stereocenters. The average molecular weight is 555 g/mol. The second-order valence-corrected chi connectivity index (χ2v) is 10.8. The first-order chi connectivity index (χ1) is 18.7. The number of pyridine rings is 1. The van der Waals surface area contributed by atoms with Gasteiger partial charge in [0.05, 0.1) is 24.1 Å². The number of dihydropyridines is 1. The van der Waals surface area contributed by atoms with Crippen LogP contribution in [0.25, 0.3) is 5.57 Å². The summed E-state index contributed by atoms with van der Waals surface area (Å²) in [6, 6.07) is 0.436. The molecule has 8 nitrogen and oxygen atoms in total. The molecule has 39 heavy (non-hydrogen) atoms. The largest absolute Gasteiger partial charge is 0.495 e. The number of halogens is 2. The highest BCUT2D eigenvalue weighted by molar-refractivity contribution is 8.14. The number of alkyl halides is 2. The summed E-state index contributed by atoms with van der Waals surface area (Å²) in [6.45, 7) is 6.06. The van der Waals surface area contributed by atoms with Crippen LogP contribution in [-0.4, -0.2) is 53.8 Å². The molecule has 3 aliphatic rings. The van der Waals surface area contributed by atoms with Gasteiger partial charge in [-0.25, -0.2) is 8.78 Å². The molecule has 3 heterocycles. The molecule has 1 saturated carbocycles. The lowest BCUT2D eigenvalue weighted by Gasteiger charge is -2.24. The number of hydrogen-bond acceptors (Lipinski definition) is 8. The van der Waals surface area contributed by atoms with Crippen molar-refractivity contribution in [3.63, 3.8) is 0 Å². The molecule has 2 atom stereocenters. The van der Waals surface area contributed by atoms with Crippen molar-refractivity contribution in [2.45, 2.75) is 51.5 Å². The van der Waals surface area contributed by atoms with Crippen molar-refractivity contribution in [2.24, 2.45) is 21.9 Å². The zero-order chi connectivity index (χ0) is 28.1. The lowest BCUT2D eigenvalue weighted by atomic mass is 9.93. The number of carbonyl (C=O) groups excluding carboxylic acids is 1. The van der Waals surface area contributed by atoms with Gasteiger partial charge in [-0.2, -0.15) is 5.10 Å². The molecule has 206 valence electrons. The first-order valence-corrected chi connectivity index (χ1v) is 13.6. The van der Waals surface area contributed by atoms with Gasteiger partial charge in [-0.3, -0.25) is 25.5 Å². The number of hydrazone groups is 1. The van der Waals surface area contributed by atoms with E-state index in [0.717, 1.165) is 18.4 Å². The van der Waals surface area contributed by atoms with Crippen molar-refractivity contribution < 1.29 is 18.3 Å². The minimum atomic E-state index is -2.67. The van der Waals surface area contributed by atoms with Crippen LogP contribution in [0.15, 0.2) is 52.0 Å². The van der Waals surface area contributed by atoms with Crippen molar-refractivity contribution in [2.75, 3.05) is 14.2 Å². The molecule has 1 aromatic rings.